The smallest absolute Gasteiger partial charge is 0.261 e. The second kappa shape index (κ2) is 9.97. The monoisotopic (exact) mass is 400 g/mol. The average molecular weight is 401 g/mol. The number of sulfonamides is 1. The molecule has 152 valence electrons. The fourth-order valence-electron chi connectivity index (χ4n) is 3.70. The van der Waals surface area contributed by atoms with E-state index in [1.54, 1.807) is 12.1 Å². The summed E-state index contributed by atoms with van der Waals surface area (Å²) in [5.41, 5.74) is 2.96. The van der Waals surface area contributed by atoms with Crippen molar-refractivity contribution in [2.24, 2.45) is 0 Å². The molecule has 1 heterocycles. The van der Waals surface area contributed by atoms with Crippen molar-refractivity contribution in [2.75, 3.05) is 22.7 Å². The number of unbranched alkanes of at least 4 members (excludes halogenated alkanes) is 3. The third kappa shape index (κ3) is 5.74. The van der Waals surface area contributed by atoms with Gasteiger partial charge in [-0.2, -0.15) is 0 Å². The first-order valence-electron chi connectivity index (χ1n) is 10.6. The minimum atomic E-state index is -3.56. The summed E-state index contributed by atoms with van der Waals surface area (Å²) in [6.07, 6.45) is 9.62. The summed E-state index contributed by atoms with van der Waals surface area (Å²) < 4.78 is 28.1. The van der Waals surface area contributed by atoms with E-state index in [0.29, 0.717) is 10.6 Å². The van der Waals surface area contributed by atoms with Gasteiger partial charge >= 0.3 is 0 Å². The van der Waals surface area contributed by atoms with Gasteiger partial charge in [0, 0.05) is 24.5 Å². The van der Waals surface area contributed by atoms with E-state index in [1.165, 1.54) is 44.1 Å². The Bertz CT molecular complexity index is 824. The van der Waals surface area contributed by atoms with Gasteiger partial charge in [-0.25, -0.2) is 8.42 Å². The summed E-state index contributed by atoms with van der Waals surface area (Å²) in [7, 11) is -3.56. The highest BCUT2D eigenvalue weighted by atomic mass is 32.2. The van der Waals surface area contributed by atoms with Gasteiger partial charge in [-0.3, -0.25) is 4.72 Å². The van der Waals surface area contributed by atoms with Crippen LogP contribution < -0.4 is 9.62 Å². The Hall–Kier alpha value is -2.01. The summed E-state index contributed by atoms with van der Waals surface area (Å²) >= 11 is 0. The standard InChI is InChI=1S/C23H32N2O2S/c1-2-3-4-6-9-20-10-16-23(17-11-20)28(26,27)24-21-12-14-22(15-13-21)25-18-7-5-8-19-25/h10-17,24H,2-9,18-19H2,1H3. The van der Waals surface area contributed by atoms with E-state index in [9.17, 15) is 8.42 Å². The predicted octanol–water partition coefficient (Wildman–Crippen LogP) is 5.60. The molecule has 4 nitrogen and oxygen atoms in total. The van der Waals surface area contributed by atoms with Gasteiger partial charge in [0.05, 0.1) is 4.90 Å². The van der Waals surface area contributed by atoms with E-state index in [4.69, 9.17) is 0 Å². The molecule has 1 saturated heterocycles. The molecule has 0 unspecified atom stereocenters. The molecule has 3 rings (SSSR count). The summed E-state index contributed by atoms with van der Waals surface area (Å²) in [5, 5.41) is 0. The highest BCUT2D eigenvalue weighted by molar-refractivity contribution is 7.92. The topological polar surface area (TPSA) is 49.4 Å². The molecular weight excluding hydrogens is 368 g/mol. The molecule has 2 aromatic rings. The fraction of sp³-hybridized carbons (Fsp3) is 0.478. The van der Waals surface area contributed by atoms with Crippen molar-refractivity contribution < 1.29 is 8.42 Å². The van der Waals surface area contributed by atoms with Crippen molar-refractivity contribution in [3.63, 3.8) is 0 Å². The number of nitrogens with zero attached hydrogens (tertiary/aromatic N) is 1. The van der Waals surface area contributed by atoms with Crippen LogP contribution in [-0.2, 0) is 16.4 Å². The molecule has 0 saturated carbocycles. The molecule has 2 aromatic carbocycles. The van der Waals surface area contributed by atoms with Gasteiger partial charge in [0.15, 0.2) is 0 Å². The van der Waals surface area contributed by atoms with Gasteiger partial charge in [-0.1, -0.05) is 38.3 Å². The molecule has 5 heteroatoms. The summed E-state index contributed by atoms with van der Waals surface area (Å²) in [6.45, 7) is 4.36. The average Bonchev–Trinajstić information content (AvgIpc) is 2.72. The normalized spacial score (nSPS) is 14.8. The van der Waals surface area contributed by atoms with Crippen LogP contribution in [0.1, 0.15) is 57.4 Å². The molecular formula is C23H32N2O2S. The van der Waals surface area contributed by atoms with Crippen molar-refractivity contribution in [1.82, 2.24) is 0 Å². The van der Waals surface area contributed by atoms with Crippen LogP contribution in [0.5, 0.6) is 0 Å². The van der Waals surface area contributed by atoms with Crippen LogP contribution in [0, 0.1) is 0 Å². The lowest BCUT2D eigenvalue weighted by molar-refractivity contribution is 0.578. The SMILES string of the molecule is CCCCCCc1ccc(S(=O)(=O)Nc2ccc(N3CCCCC3)cc2)cc1. The maximum Gasteiger partial charge on any atom is 0.261 e. The minimum Gasteiger partial charge on any atom is -0.372 e. The van der Waals surface area contributed by atoms with Crippen LogP contribution in [0.15, 0.2) is 53.4 Å². The van der Waals surface area contributed by atoms with Gasteiger partial charge in [-0.15, -0.1) is 0 Å². The van der Waals surface area contributed by atoms with E-state index >= 15 is 0 Å². The predicted molar refractivity (Wildman–Crippen MR) is 118 cm³/mol. The quantitative estimate of drug-likeness (QED) is 0.557. The Kier molecular flexibility index (Phi) is 7.37. The maximum atomic E-state index is 12.7. The van der Waals surface area contributed by atoms with Crippen LogP contribution in [0.25, 0.3) is 0 Å². The minimum absolute atomic E-state index is 0.310. The molecule has 0 bridgehead atoms. The summed E-state index contributed by atoms with van der Waals surface area (Å²) in [5.74, 6) is 0. The highest BCUT2D eigenvalue weighted by Crippen LogP contribution is 2.23. The van der Waals surface area contributed by atoms with E-state index < -0.39 is 10.0 Å². The molecule has 0 spiro atoms. The maximum absolute atomic E-state index is 12.7. The Morgan fingerprint density at radius 2 is 1.54 bits per heavy atom. The number of anilines is 2. The van der Waals surface area contributed by atoms with E-state index in [2.05, 4.69) is 16.5 Å². The second-order valence-corrected chi connectivity index (χ2v) is 9.34. The molecule has 0 radical (unpaired) electrons. The first-order valence-corrected chi connectivity index (χ1v) is 12.0. The molecule has 0 atom stereocenters. The van der Waals surface area contributed by atoms with Crippen molar-refractivity contribution >= 4 is 21.4 Å². The Morgan fingerprint density at radius 3 is 2.18 bits per heavy atom. The molecule has 1 aliphatic heterocycles. The third-order valence-electron chi connectivity index (χ3n) is 5.39. The van der Waals surface area contributed by atoms with Crippen molar-refractivity contribution in [2.45, 2.75) is 63.2 Å². The highest BCUT2D eigenvalue weighted by Gasteiger charge is 2.15. The van der Waals surface area contributed by atoms with E-state index in [1.807, 2.05) is 36.4 Å². The molecule has 0 amide bonds. The number of nitrogens with one attached hydrogen (secondary N) is 1. The second-order valence-electron chi connectivity index (χ2n) is 7.65. The van der Waals surface area contributed by atoms with Gasteiger partial charge in [-0.05, 0) is 74.1 Å². The largest absolute Gasteiger partial charge is 0.372 e. The number of benzene rings is 2. The molecule has 1 N–H and O–H groups in total. The van der Waals surface area contributed by atoms with E-state index in [-0.39, 0.29) is 0 Å². The lowest BCUT2D eigenvalue weighted by Gasteiger charge is -2.28. The zero-order valence-corrected chi connectivity index (χ0v) is 17.7. The number of hydrogen-bond donors (Lipinski definition) is 1. The summed E-state index contributed by atoms with van der Waals surface area (Å²) in [4.78, 5) is 2.67. The van der Waals surface area contributed by atoms with Crippen LogP contribution in [-0.4, -0.2) is 21.5 Å². The molecule has 1 fully saturated rings. The van der Waals surface area contributed by atoms with Crippen LogP contribution >= 0.6 is 0 Å². The lowest BCUT2D eigenvalue weighted by atomic mass is 10.1. The first kappa shape index (κ1) is 20.7. The number of aryl methyl sites for hydroxylation is 1. The zero-order chi connectivity index (χ0) is 19.8. The number of piperidine rings is 1. The molecule has 0 aromatic heterocycles. The van der Waals surface area contributed by atoms with Crippen molar-refractivity contribution in [3.8, 4) is 0 Å². The Balaban J connectivity index is 1.59. The lowest BCUT2D eigenvalue weighted by Crippen LogP contribution is -2.29. The first-order chi connectivity index (χ1) is 13.6. The summed E-state index contributed by atoms with van der Waals surface area (Å²) in [6, 6.07) is 15.0. The van der Waals surface area contributed by atoms with Crippen LogP contribution in [0.3, 0.4) is 0 Å². The van der Waals surface area contributed by atoms with Crippen molar-refractivity contribution in [1.29, 1.82) is 0 Å². The molecule has 28 heavy (non-hydrogen) atoms. The van der Waals surface area contributed by atoms with Gasteiger partial charge < -0.3 is 4.90 Å². The van der Waals surface area contributed by atoms with E-state index in [0.717, 1.165) is 31.6 Å². The third-order valence-corrected chi connectivity index (χ3v) is 6.79. The number of rotatable bonds is 9. The fourth-order valence-corrected chi connectivity index (χ4v) is 4.76. The van der Waals surface area contributed by atoms with Crippen molar-refractivity contribution in [3.05, 3.63) is 54.1 Å². The van der Waals surface area contributed by atoms with Gasteiger partial charge in [0.1, 0.15) is 0 Å². The number of hydrogen-bond acceptors (Lipinski definition) is 3. The molecule has 1 aliphatic rings. The van der Waals surface area contributed by atoms with Gasteiger partial charge in [0.2, 0.25) is 0 Å². The zero-order valence-electron chi connectivity index (χ0n) is 16.9. The Labute approximate surface area is 170 Å². The van der Waals surface area contributed by atoms with Crippen LogP contribution in [0.2, 0.25) is 0 Å². The Morgan fingerprint density at radius 1 is 0.857 bits per heavy atom. The molecule has 0 aliphatic carbocycles. The van der Waals surface area contributed by atoms with Crippen LogP contribution in [0.4, 0.5) is 11.4 Å². The van der Waals surface area contributed by atoms with Gasteiger partial charge in [0.25, 0.3) is 10.0 Å².